The number of nitrogens with zero attached hydrogens (tertiary/aromatic N) is 2. The van der Waals surface area contributed by atoms with Crippen molar-refractivity contribution in [2.24, 2.45) is 0 Å². The summed E-state index contributed by atoms with van der Waals surface area (Å²) in [5.74, 6) is -0.377. The third kappa shape index (κ3) is 4.27. The van der Waals surface area contributed by atoms with Gasteiger partial charge in [-0.3, -0.25) is 14.5 Å². The normalized spacial score (nSPS) is 19.3. The zero-order chi connectivity index (χ0) is 13.5. The molecule has 1 aliphatic heterocycles. The molecule has 6 nitrogen and oxygen atoms in total. The van der Waals surface area contributed by atoms with Gasteiger partial charge < -0.3 is 14.4 Å². The predicted molar refractivity (Wildman–Crippen MR) is 66.1 cm³/mol. The molecule has 1 aliphatic rings. The third-order valence-corrected chi connectivity index (χ3v) is 3.36. The molecule has 0 bridgehead atoms. The number of hydrogen-bond donors (Lipinski definition) is 0. The molecule has 1 rings (SSSR count). The van der Waals surface area contributed by atoms with Crippen LogP contribution in [-0.4, -0.2) is 74.7 Å². The maximum Gasteiger partial charge on any atom is 0.322 e. The molecule has 0 amide bonds. The molecule has 0 aromatic carbocycles. The lowest BCUT2D eigenvalue weighted by atomic mass is 10.2. The van der Waals surface area contributed by atoms with Crippen LogP contribution in [0.25, 0.3) is 0 Å². The van der Waals surface area contributed by atoms with E-state index in [0.29, 0.717) is 13.0 Å². The lowest BCUT2D eigenvalue weighted by Gasteiger charge is -2.36. The van der Waals surface area contributed by atoms with E-state index in [9.17, 15) is 9.59 Å². The van der Waals surface area contributed by atoms with E-state index in [2.05, 4.69) is 14.5 Å². The van der Waals surface area contributed by atoms with Crippen molar-refractivity contribution in [2.45, 2.75) is 19.4 Å². The van der Waals surface area contributed by atoms with Crippen molar-refractivity contribution in [3.8, 4) is 0 Å². The average Bonchev–Trinajstić information content (AvgIpc) is 2.43. The van der Waals surface area contributed by atoms with Crippen LogP contribution in [0.3, 0.4) is 0 Å². The highest BCUT2D eigenvalue weighted by Crippen LogP contribution is 2.08. The molecule has 0 aromatic rings. The first kappa shape index (κ1) is 14.9. The summed E-state index contributed by atoms with van der Waals surface area (Å²) in [6, 6.07) is -0.197. The number of methoxy groups -OCH3 is 2. The van der Waals surface area contributed by atoms with Crippen LogP contribution >= 0.6 is 0 Å². The lowest BCUT2D eigenvalue weighted by Crippen LogP contribution is -2.52. The Morgan fingerprint density at radius 1 is 1.11 bits per heavy atom. The van der Waals surface area contributed by atoms with Gasteiger partial charge in [-0.25, -0.2) is 0 Å². The monoisotopic (exact) mass is 258 g/mol. The summed E-state index contributed by atoms with van der Waals surface area (Å²) in [5, 5.41) is 0. The van der Waals surface area contributed by atoms with Crippen LogP contribution in [0.4, 0.5) is 0 Å². The molecule has 1 saturated heterocycles. The Labute approximate surface area is 108 Å². The molecule has 104 valence electrons. The van der Waals surface area contributed by atoms with E-state index in [4.69, 9.17) is 4.74 Å². The summed E-state index contributed by atoms with van der Waals surface area (Å²) < 4.78 is 9.34. The van der Waals surface area contributed by atoms with Crippen molar-refractivity contribution in [1.82, 2.24) is 9.80 Å². The minimum atomic E-state index is -0.197. The Hall–Kier alpha value is -1.14. The second-order valence-electron chi connectivity index (χ2n) is 4.40. The highest BCUT2D eigenvalue weighted by Gasteiger charge is 2.25. The number of ether oxygens (including phenoxy) is 2. The molecule has 6 heteroatoms. The standard InChI is InChI=1S/C12H22N2O4/c1-10(12(16)18-3)14-8-6-13(7-9-14)5-4-11(15)17-2/h10H,4-9H2,1-3H3. The van der Waals surface area contributed by atoms with Gasteiger partial charge in [0, 0.05) is 32.7 Å². The molecular weight excluding hydrogens is 236 g/mol. The van der Waals surface area contributed by atoms with Crippen LogP contribution in [0.15, 0.2) is 0 Å². The Morgan fingerprint density at radius 3 is 2.22 bits per heavy atom. The first-order valence-corrected chi connectivity index (χ1v) is 6.19. The van der Waals surface area contributed by atoms with E-state index >= 15 is 0 Å². The van der Waals surface area contributed by atoms with Crippen LogP contribution < -0.4 is 0 Å². The van der Waals surface area contributed by atoms with Gasteiger partial charge in [0.2, 0.25) is 0 Å². The van der Waals surface area contributed by atoms with Crippen molar-refractivity contribution in [1.29, 1.82) is 0 Å². The number of hydrogen-bond acceptors (Lipinski definition) is 6. The van der Waals surface area contributed by atoms with Gasteiger partial charge in [0.15, 0.2) is 0 Å². The number of carbonyl (C=O) groups is 2. The van der Waals surface area contributed by atoms with Gasteiger partial charge in [-0.15, -0.1) is 0 Å². The van der Waals surface area contributed by atoms with E-state index in [-0.39, 0.29) is 18.0 Å². The number of rotatable bonds is 5. The van der Waals surface area contributed by atoms with Gasteiger partial charge in [-0.05, 0) is 6.92 Å². The van der Waals surface area contributed by atoms with Crippen molar-refractivity contribution in [2.75, 3.05) is 46.9 Å². The molecule has 1 fully saturated rings. The number of carbonyl (C=O) groups excluding carboxylic acids is 2. The minimum Gasteiger partial charge on any atom is -0.469 e. The van der Waals surface area contributed by atoms with Gasteiger partial charge in [-0.2, -0.15) is 0 Å². The zero-order valence-corrected chi connectivity index (χ0v) is 11.3. The molecule has 0 N–H and O–H groups in total. The zero-order valence-electron chi connectivity index (χ0n) is 11.3. The van der Waals surface area contributed by atoms with Gasteiger partial charge in [0.1, 0.15) is 6.04 Å². The first-order valence-electron chi connectivity index (χ1n) is 6.19. The molecule has 0 aliphatic carbocycles. The second-order valence-corrected chi connectivity index (χ2v) is 4.40. The number of esters is 2. The molecule has 1 unspecified atom stereocenters. The van der Waals surface area contributed by atoms with Crippen LogP contribution in [0.1, 0.15) is 13.3 Å². The summed E-state index contributed by atoms with van der Waals surface area (Å²) >= 11 is 0. The molecule has 1 heterocycles. The van der Waals surface area contributed by atoms with E-state index < -0.39 is 0 Å². The summed E-state index contributed by atoms with van der Waals surface area (Å²) in [6.07, 6.45) is 0.420. The van der Waals surface area contributed by atoms with E-state index in [0.717, 1.165) is 26.2 Å². The second kappa shape index (κ2) is 7.33. The molecule has 0 aromatic heterocycles. The van der Waals surface area contributed by atoms with E-state index in [1.54, 1.807) is 0 Å². The fourth-order valence-electron chi connectivity index (χ4n) is 2.05. The summed E-state index contributed by atoms with van der Waals surface area (Å²) in [7, 11) is 2.81. The van der Waals surface area contributed by atoms with Crippen molar-refractivity contribution in [3.05, 3.63) is 0 Å². The maximum absolute atomic E-state index is 11.4. The smallest absolute Gasteiger partial charge is 0.322 e. The van der Waals surface area contributed by atoms with Crippen molar-refractivity contribution < 1.29 is 19.1 Å². The van der Waals surface area contributed by atoms with Gasteiger partial charge in [-0.1, -0.05) is 0 Å². The largest absolute Gasteiger partial charge is 0.469 e. The molecule has 0 radical (unpaired) electrons. The molecule has 0 spiro atoms. The van der Waals surface area contributed by atoms with Crippen molar-refractivity contribution in [3.63, 3.8) is 0 Å². The van der Waals surface area contributed by atoms with Crippen LogP contribution in [0.5, 0.6) is 0 Å². The molecule has 0 saturated carbocycles. The highest BCUT2D eigenvalue weighted by atomic mass is 16.5. The topological polar surface area (TPSA) is 59.1 Å². The predicted octanol–water partition coefficient (Wildman–Crippen LogP) is -0.271. The lowest BCUT2D eigenvalue weighted by molar-refractivity contribution is -0.147. The van der Waals surface area contributed by atoms with Crippen LogP contribution in [-0.2, 0) is 19.1 Å². The molecule has 1 atom stereocenters. The van der Waals surface area contributed by atoms with Crippen LogP contribution in [0.2, 0.25) is 0 Å². The van der Waals surface area contributed by atoms with Gasteiger partial charge in [0.25, 0.3) is 0 Å². The fraction of sp³-hybridized carbons (Fsp3) is 0.833. The Bertz CT molecular complexity index is 288. The average molecular weight is 258 g/mol. The summed E-state index contributed by atoms with van der Waals surface area (Å²) in [5.41, 5.74) is 0. The summed E-state index contributed by atoms with van der Waals surface area (Å²) in [4.78, 5) is 26.7. The minimum absolute atomic E-state index is 0.180. The first-order chi connectivity index (χ1) is 8.58. The van der Waals surface area contributed by atoms with Crippen LogP contribution in [0, 0.1) is 0 Å². The van der Waals surface area contributed by atoms with E-state index in [1.807, 2.05) is 6.92 Å². The quantitative estimate of drug-likeness (QED) is 0.633. The molecule has 18 heavy (non-hydrogen) atoms. The Balaban J connectivity index is 2.28. The van der Waals surface area contributed by atoms with Gasteiger partial charge >= 0.3 is 11.9 Å². The van der Waals surface area contributed by atoms with E-state index in [1.165, 1.54) is 14.2 Å². The SMILES string of the molecule is COC(=O)CCN1CCN(C(C)C(=O)OC)CC1. The summed E-state index contributed by atoms with van der Waals surface area (Å²) in [6.45, 7) is 5.93. The fourth-order valence-corrected chi connectivity index (χ4v) is 2.05. The van der Waals surface area contributed by atoms with Crippen molar-refractivity contribution >= 4 is 11.9 Å². The Morgan fingerprint density at radius 2 is 1.72 bits per heavy atom. The highest BCUT2D eigenvalue weighted by molar-refractivity contribution is 5.75. The molecular formula is C12H22N2O4. The Kier molecular flexibility index (Phi) is 6.07. The number of piperazine rings is 1. The van der Waals surface area contributed by atoms with Gasteiger partial charge in [0.05, 0.1) is 20.6 Å². The third-order valence-electron chi connectivity index (χ3n) is 3.36. The maximum atomic E-state index is 11.4.